The fraction of sp³-hybridized carbons (Fsp3) is 0.435. The van der Waals surface area contributed by atoms with Gasteiger partial charge in [-0.25, -0.2) is 0 Å². The number of hydrogen-bond acceptors (Lipinski definition) is 5. The number of halogens is 1. The third kappa shape index (κ3) is 6.90. The molecular formula is C23H29ClN2O4. The van der Waals surface area contributed by atoms with E-state index in [0.717, 1.165) is 24.3 Å². The summed E-state index contributed by atoms with van der Waals surface area (Å²) in [6.07, 6.45) is 1.42. The summed E-state index contributed by atoms with van der Waals surface area (Å²) in [4.78, 5) is 14.2. The van der Waals surface area contributed by atoms with Crippen LogP contribution in [0.1, 0.15) is 18.4 Å². The Hall–Kier alpha value is -2.28. The monoisotopic (exact) mass is 432 g/mol. The van der Waals surface area contributed by atoms with Crippen LogP contribution in [0.5, 0.6) is 11.5 Å². The van der Waals surface area contributed by atoms with Crippen molar-refractivity contribution >= 4 is 17.5 Å². The first-order valence-electron chi connectivity index (χ1n) is 10.2. The summed E-state index contributed by atoms with van der Waals surface area (Å²) in [6.45, 7) is 4.32. The Morgan fingerprint density at radius 3 is 2.83 bits per heavy atom. The van der Waals surface area contributed by atoms with Crippen LogP contribution in [-0.2, 0) is 4.79 Å². The summed E-state index contributed by atoms with van der Waals surface area (Å²) >= 11 is 6.18. The van der Waals surface area contributed by atoms with Crippen LogP contribution in [-0.4, -0.2) is 60.9 Å². The summed E-state index contributed by atoms with van der Waals surface area (Å²) in [6, 6.07) is 15.0. The normalized spacial score (nSPS) is 19.3. The number of piperidine rings is 1. The van der Waals surface area contributed by atoms with E-state index in [1.807, 2.05) is 54.3 Å². The molecule has 1 heterocycles. The Morgan fingerprint density at radius 1 is 1.23 bits per heavy atom. The molecule has 2 aromatic carbocycles. The minimum Gasteiger partial charge on any atom is -0.492 e. The Labute approximate surface area is 182 Å². The van der Waals surface area contributed by atoms with Gasteiger partial charge in [0, 0.05) is 6.54 Å². The first kappa shape index (κ1) is 22.4. The number of nitrogens with zero attached hydrogens (tertiary/aromatic N) is 1. The number of carbonyl (C=O) groups excluding carboxylic acids is 1. The van der Waals surface area contributed by atoms with Crippen molar-refractivity contribution in [3.8, 4) is 11.5 Å². The summed E-state index contributed by atoms with van der Waals surface area (Å²) in [5, 5.41) is 14.3. The van der Waals surface area contributed by atoms with Crippen LogP contribution in [0.4, 0.5) is 0 Å². The molecule has 1 fully saturated rings. The molecule has 1 aliphatic rings. The molecule has 6 nitrogen and oxygen atoms in total. The predicted molar refractivity (Wildman–Crippen MR) is 117 cm³/mol. The number of likely N-dealkylation sites (tertiary alicyclic amines) is 1. The SMILES string of the molecule is Cc1ccc(Cl)c(OC[C@@]2(O)CCCN(CC(=O)NCCOc3ccccc3)C2)c1. The van der Waals surface area contributed by atoms with Crippen LogP contribution in [0.2, 0.25) is 5.02 Å². The number of rotatable bonds is 9. The highest BCUT2D eigenvalue weighted by Crippen LogP contribution is 2.28. The lowest BCUT2D eigenvalue weighted by Crippen LogP contribution is -2.53. The second-order valence-electron chi connectivity index (χ2n) is 7.77. The number of carbonyl (C=O) groups is 1. The molecule has 0 unspecified atom stereocenters. The van der Waals surface area contributed by atoms with Crippen LogP contribution < -0.4 is 14.8 Å². The number of ether oxygens (including phenoxy) is 2. The summed E-state index contributed by atoms with van der Waals surface area (Å²) < 4.78 is 11.4. The molecule has 0 radical (unpaired) electrons. The van der Waals surface area contributed by atoms with Crippen molar-refractivity contribution in [3.63, 3.8) is 0 Å². The number of aryl methyl sites for hydroxylation is 1. The third-order valence-corrected chi connectivity index (χ3v) is 5.33. The van der Waals surface area contributed by atoms with Gasteiger partial charge in [0.1, 0.15) is 30.3 Å². The molecule has 30 heavy (non-hydrogen) atoms. The second kappa shape index (κ2) is 10.7. The van der Waals surface area contributed by atoms with Crippen LogP contribution in [0.15, 0.2) is 48.5 Å². The molecule has 162 valence electrons. The van der Waals surface area contributed by atoms with Crippen molar-refractivity contribution in [1.82, 2.24) is 10.2 Å². The molecule has 2 N–H and O–H groups in total. The van der Waals surface area contributed by atoms with Crippen LogP contribution in [0.25, 0.3) is 0 Å². The van der Waals surface area contributed by atoms with E-state index >= 15 is 0 Å². The average molecular weight is 433 g/mol. The zero-order valence-electron chi connectivity index (χ0n) is 17.3. The van der Waals surface area contributed by atoms with Gasteiger partial charge in [-0.1, -0.05) is 35.9 Å². The van der Waals surface area contributed by atoms with Crippen molar-refractivity contribution < 1.29 is 19.4 Å². The third-order valence-electron chi connectivity index (χ3n) is 5.02. The number of aliphatic hydroxyl groups is 1. The van der Waals surface area contributed by atoms with Crippen LogP contribution >= 0.6 is 11.6 Å². The zero-order valence-corrected chi connectivity index (χ0v) is 18.0. The van der Waals surface area contributed by atoms with Gasteiger partial charge in [0.2, 0.25) is 5.91 Å². The highest BCUT2D eigenvalue weighted by atomic mass is 35.5. The molecule has 2 aromatic rings. The van der Waals surface area contributed by atoms with E-state index < -0.39 is 5.60 Å². The number of para-hydroxylation sites is 1. The molecule has 1 amide bonds. The van der Waals surface area contributed by atoms with Crippen molar-refractivity contribution in [2.24, 2.45) is 0 Å². The number of hydrogen-bond donors (Lipinski definition) is 2. The maximum absolute atomic E-state index is 12.3. The van der Waals surface area contributed by atoms with E-state index in [1.165, 1.54) is 0 Å². The zero-order chi connectivity index (χ0) is 21.4. The first-order chi connectivity index (χ1) is 14.4. The van der Waals surface area contributed by atoms with Crippen molar-refractivity contribution in [2.45, 2.75) is 25.4 Å². The lowest BCUT2D eigenvalue weighted by Gasteiger charge is -2.38. The highest BCUT2D eigenvalue weighted by Gasteiger charge is 2.35. The summed E-state index contributed by atoms with van der Waals surface area (Å²) in [5.74, 6) is 1.26. The van der Waals surface area contributed by atoms with Gasteiger partial charge in [-0.15, -0.1) is 0 Å². The minimum absolute atomic E-state index is 0.0847. The highest BCUT2D eigenvalue weighted by molar-refractivity contribution is 6.32. The molecule has 0 saturated carbocycles. The van der Waals surface area contributed by atoms with E-state index in [1.54, 1.807) is 6.07 Å². The van der Waals surface area contributed by atoms with Gasteiger partial charge in [-0.3, -0.25) is 9.69 Å². The molecular weight excluding hydrogens is 404 g/mol. The number of β-amino-alcohol motifs (C(OH)–C–C–N with tert-alkyl or cyclic N) is 1. The Balaban J connectivity index is 1.41. The standard InChI is InChI=1S/C23H29ClN2O4/c1-18-8-9-20(24)21(14-18)30-17-23(28)10-5-12-26(16-23)15-22(27)25-11-13-29-19-6-3-2-4-7-19/h2-4,6-9,14,28H,5,10-13,15-17H2,1H3,(H,25,27)/t23-/m1/s1. The van der Waals surface area contributed by atoms with Gasteiger partial charge in [-0.05, 0) is 56.1 Å². The average Bonchev–Trinajstić information content (AvgIpc) is 2.73. The Bertz CT molecular complexity index is 833. The van der Waals surface area contributed by atoms with E-state index in [-0.39, 0.29) is 19.1 Å². The van der Waals surface area contributed by atoms with Crippen molar-refractivity contribution in [2.75, 3.05) is 39.4 Å². The number of amides is 1. The quantitative estimate of drug-likeness (QED) is 0.596. The first-order valence-corrected chi connectivity index (χ1v) is 10.6. The largest absolute Gasteiger partial charge is 0.492 e. The molecule has 0 bridgehead atoms. The number of nitrogens with one attached hydrogen (secondary N) is 1. The van der Waals surface area contributed by atoms with Gasteiger partial charge >= 0.3 is 0 Å². The number of benzene rings is 2. The lowest BCUT2D eigenvalue weighted by molar-refractivity contribution is -0.124. The lowest BCUT2D eigenvalue weighted by atomic mass is 9.93. The van der Waals surface area contributed by atoms with E-state index in [0.29, 0.717) is 36.9 Å². The molecule has 1 atom stereocenters. The molecule has 1 saturated heterocycles. The topological polar surface area (TPSA) is 71.0 Å². The predicted octanol–water partition coefficient (Wildman–Crippen LogP) is 3.05. The molecule has 0 aliphatic carbocycles. The van der Waals surface area contributed by atoms with Crippen molar-refractivity contribution in [1.29, 1.82) is 0 Å². The maximum atomic E-state index is 12.3. The smallest absolute Gasteiger partial charge is 0.234 e. The summed E-state index contributed by atoms with van der Waals surface area (Å²) in [7, 11) is 0. The Morgan fingerprint density at radius 2 is 2.03 bits per heavy atom. The summed E-state index contributed by atoms with van der Waals surface area (Å²) in [5.41, 5.74) is 0.0294. The van der Waals surface area contributed by atoms with Gasteiger partial charge < -0.3 is 19.9 Å². The molecule has 0 aromatic heterocycles. The molecule has 7 heteroatoms. The molecule has 3 rings (SSSR count). The van der Waals surface area contributed by atoms with Crippen LogP contribution in [0, 0.1) is 6.92 Å². The van der Waals surface area contributed by atoms with Crippen molar-refractivity contribution in [3.05, 3.63) is 59.1 Å². The van der Waals surface area contributed by atoms with Crippen LogP contribution in [0.3, 0.4) is 0 Å². The molecule has 0 spiro atoms. The second-order valence-corrected chi connectivity index (χ2v) is 8.18. The minimum atomic E-state index is -1.01. The van der Waals surface area contributed by atoms with Gasteiger partial charge in [-0.2, -0.15) is 0 Å². The fourth-order valence-electron chi connectivity index (χ4n) is 3.53. The van der Waals surface area contributed by atoms with Gasteiger partial charge in [0.25, 0.3) is 0 Å². The van der Waals surface area contributed by atoms with E-state index in [4.69, 9.17) is 21.1 Å². The van der Waals surface area contributed by atoms with E-state index in [2.05, 4.69) is 5.32 Å². The van der Waals surface area contributed by atoms with E-state index in [9.17, 15) is 9.90 Å². The molecule has 1 aliphatic heterocycles. The van der Waals surface area contributed by atoms with Gasteiger partial charge in [0.05, 0.1) is 18.1 Å². The Kier molecular flexibility index (Phi) is 7.96. The maximum Gasteiger partial charge on any atom is 0.234 e. The van der Waals surface area contributed by atoms with Gasteiger partial charge in [0.15, 0.2) is 0 Å². The fourth-order valence-corrected chi connectivity index (χ4v) is 3.70.